The van der Waals surface area contributed by atoms with Crippen molar-refractivity contribution >= 4 is 0 Å². The van der Waals surface area contributed by atoms with Crippen LogP contribution in [0.15, 0.2) is 0 Å². The number of rotatable bonds is 0. The molecule has 5 heterocycles. The van der Waals surface area contributed by atoms with Crippen LogP contribution in [0.1, 0.15) is 39.5 Å². The highest BCUT2D eigenvalue weighted by atomic mass is 15.4. The second kappa shape index (κ2) is 4.92. The van der Waals surface area contributed by atoms with Gasteiger partial charge in [-0.05, 0) is 68.5 Å². The third kappa shape index (κ3) is 1.73. The summed E-state index contributed by atoms with van der Waals surface area (Å²) in [5.74, 6) is 2.67. The van der Waals surface area contributed by atoms with E-state index < -0.39 is 0 Å². The molecule has 4 heteroatoms. The van der Waals surface area contributed by atoms with Gasteiger partial charge in [0.1, 0.15) is 0 Å². The van der Waals surface area contributed by atoms with Crippen LogP contribution in [0.3, 0.4) is 0 Å². The first-order valence-corrected chi connectivity index (χ1v) is 9.64. The third-order valence-electron chi connectivity index (χ3n) is 7.91. The van der Waals surface area contributed by atoms with E-state index in [1.807, 2.05) is 0 Å². The second-order valence-corrected chi connectivity index (χ2v) is 9.02. The van der Waals surface area contributed by atoms with E-state index in [1.54, 1.807) is 0 Å². The molecule has 5 aliphatic rings. The molecule has 0 aliphatic carbocycles. The topological polar surface area (TPSA) is 39.3 Å². The number of fused-ring (bicyclic) bond motifs is 5. The Morgan fingerprint density at radius 2 is 1.82 bits per heavy atom. The normalized spacial score (nSPS) is 53.5. The number of nitrogens with one attached hydrogen (secondary N) is 3. The summed E-state index contributed by atoms with van der Waals surface area (Å²) in [5, 5.41) is 11.6. The average Bonchev–Trinajstić information content (AvgIpc) is 2.88. The fourth-order valence-corrected chi connectivity index (χ4v) is 7.00. The van der Waals surface area contributed by atoms with Crippen LogP contribution in [0.4, 0.5) is 0 Å². The lowest BCUT2D eigenvalue weighted by molar-refractivity contribution is -0.106. The molecule has 5 aliphatic heterocycles. The maximum absolute atomic E-state index is 3.97. The van der Waals surface area contributed by atoms with Crippen molar-refractivity contribution in [2.75, 3.05) is 26.2 Å². The van der Waals surface area contributed by atoms with Crippen molar-refractivity contribution in [2.24, 2.45) is 23.2 Å². The summed E-state index contributed by atoms with van der Waals surface area (Å²) in [6.07, 6.45) is 6.18. The quantitative estimate of drug-likeness (QED) is 0.624. The number of nitrogens with zero attached hydrogens (tertiary/aromatic N) is 1. The van der Waals surface area contributed by atoms with Gasteiger partial charge in [0.15, 0.2) is 0 Å². The van der Waals surface area contributed by atoms with E-state index in [0.29, 0.717) is 17.6 Å². The summed E-state index contributed by atoms with van der Waals surface area (Å²) in [6, 6.07) is 2.24. The molecule has 0 saturated carbocycles. The lowest BCUT2D eigenvalue weighted by atomic mass is 9.60. The first-order chi connectivity index (χ1) is 10.7. The second-order valence-electron chi connectivity index (χ2n) is 9.02. The van der Waals surface area contributed by atoms with Gasteiger partial charge in [0.25, 0.3) is 0 Å². The van der Waals surface area contributed by atoms with E-state index in [0.717, 1.165) is 29.8 Å². The van der Waals surface area contributed by atoms with Gasteiger partial charge in [-0.25, -0.2) is 0 Å². The SMILES string of the molecule is CC1(C)C2CCCNC2N2C3CNCCC3C3CCNC1C32. The minimum Gasteiger partial charge on any atom is -0.315 e. The Labute approximate surface area is 134 Å². The molecule has 5 saturated heterocycles. The Kier molecular flexibility index (Phi) is 3.18. The van der Waals surface area contributed by atoms with Crippen LogP contribution in [-0.2, 0) is 0 Å². The molecule has 4 nitrogen and oxygen atoms in total. The molecule has 7 unspecified atom stereocenters. The van der Waals surface area contributed by atoms with Gasteiger partial charge in [0.05, 0.1) is 6.17 Å². The van der Waals surface area contributed by atoms with Crippen LogP contribution >= 0.6 is 0 Å². The molecule has 0 spiro atoms. The van der Waals surface area contributed by atoms with E-state index >= 15 is 0 Å². The molecule has 0 bridgehead atoms. The largest absolute Gasteiger partial charge is 0.315 e. The van der Waals surface area contributed by atoms with Crippen molar-refractivity contribution in [3.63, 3.8) is 0 Å². The predicted molar refractivity (Wildman–Crippen MR) is 88.6 cm³/mol. The zero-order valence-corrected chi connectivity index (χ0v) is 14.1. The zero-order chi connectivity index (χ0) is 14.9. The minimum atomic E-state index is 0.416. The lowest BCUT2D eigenvalue weighted by Gasteiger charge is -2.61. The average molecular weight is 304 g/mol. The van der Waals surface area contributed by atoms with Gasteiger partial charge in [-0.2, -0.15) is 0 Å². The van der Waals surface area contributed by atoms with Crippen LogP contribution in [0.25, 0.3) is 0 Å². The number of hydrogen-bond donors (Lipinski definition) is 3. The molecule has 7 atom stereocenters. The van der Waals surface area contributed by atoms with Crippen LogP contribution in [0.2, 0.25) is 0 Å². The maximum Gasteiger partial charge on any atom is 0.0638 e. The molecule has 0 aromatic rings. The van der Waals surface area contributed by atoms with Crippen LogP contribution in [-0.4, -0.2) is 55.4 Å². The third-order valence-corrected chi connectivity index (χ3v) is 7.91. The van der Waals surface area contributed by atoms with E-state index in [4.69, 9.17) is 0 Å². The van der Waals surface area contributed by atoms with Gasteiger partial charge in [0.2, 0.25) is 0 Å². The minimum absolute atomic E-state index is 0.416. The molecule has 0 aromatic carbocycles. The maximum atomic E-state index is 3.97. The van der Waals surface area contributed by atoms with Crippen molar-refractivity contribution in [3.05, 3.63) is 0 Å². The molecule has 0 aromatic heterocycles. The Morgan fingerprint density at radius 1 is 0.955 bits per heavy atom. The zero-order valence-electron chi connectivity index (χ0n) is 14.1. The van der Waals surface area contributed by atoms with E-state index in [9.17, 15) is 0 Å². The Bertz CT molecular complexity index is 450. The lowest BCUT2D eigenvalue weighted by Crippen LogP contribution is -2.74. The van der Waals surface area contributed by atoms with Gasteiger partial charge in [-0.1, -0.05) is 13.8 Å². The molecule has 22 heavy (non-hydrogen) atoms. The van der Waals surface area contributed by atoms with E-state index in [1.165, 1.54) is 51.9 Å². The van der Waals surface area contributed by atoms with Gasteiger partial charge in [-0.3, -0.25) is 4.90 Å². The molecule has 3 N–H and O–H groups in total. The fourth-order valence-electron chi connectivity index (χ4n) is 7.00. The monoisotopic (exact) mass is 304 g/mol. The van der Waals surface area contributed by atoms with Gasteiger partial charge in [-0.15, -0.1) is 0 Å². The fraction of sp³-hybridized carbons (Fsp3) is 1.00. The van der Waals surface area contributed by atoms with E-state index in [2.05, 4.69) is 34.7 Å². The molecular weight excluding hydrogens is 272 g/mol. The first kappa shape index (κ1) is 14.2. The Hall–Kier alpha value is -0.160. The molecule has 0 radical (unpaired) electrons. The highest BCUT2D eigenvalue weighted by Gasteiger charge is 2.63. The summed E-state index contributed by atoms with van der Waals surface area (Å²) in [6.45, 7) is 10.0. The summed E-state index contributed by atoms with van der Waals surface area (Å²) in [7, 11) is 0. The molecule has 5 rings (SSSR count). The van der Waals surface area contributed by atoms with Crippen molar-refractivity contribution in [1.29, 1.82) is 0 Å². The van der Waals surface area contributed by atoms with Crippen LogP contribution < -0.4 is 16.0 Å². The van der Waals surface area contributed by atoms with Crippen LogP contribution in [0, 0.1) is 23.2 Å². The smallest absolute Gasteiger partial charge is 0.0638 e. The Morgan fingerprint density at radius 3 is 2.73 bits per heavy atom. The highest BCUT2D eigenvalue weighted by molar-refractivity contribution is 5.18. The molecule has 5 fully saturated rings. The molecule has 0 amide bonds. The summed E-state index contributed by atoms with van der Waals surface area (Å²) < 4.78 is 0. The summed E-state index contributed by atoms with van der Waals surface area (Å²) in [5.41, 5.74) is 0.416. The van der Waals surface area contributed by atoms with Gasteiger partial charge in [0, 0.05) is 24.7 Å². The standard InChI is InChI=1S/C18H32N4/c1-18(2)13-4-3-7-21-17(13)22-14-10-19-8-5-11(14)12-6-9-20-16(18)15(12)22/h11-17,19-21H,3-10H2,1-2H3. The Balaban J connectivity index is 1.59. The molecular formula is C18H32N4. The number of piperidine rings is 4. The van der Waals surface area contributed by atoms with Crippen LogP contribution in [0.5, 0.6) is 0 Å². The van der Waals surface area contributed by atoms with Crippen molar-refractivity contribution in [3.8, 4) is 0 Å². The predicted octanol–water partition coefficient (Wildman–Crippen LogP) is 0.992. The van der Waals surface area contributed by atoms with Gasteiger partial charge < -0.3 is 16.0 Å². The highest BCUT2D eigenvalue weighted by Crippen LogP contribution is 2.55. The summed E-state index contributed by atoms with van der Waals surface area (Å²) in [4.78, 5) is 2.97. The van der Waals surface area contributed by atoms with Crippen molar-refractivity contribution in [1.82, 2.24) is 20.9 Å². The molecule has 124 valence electrons. The number of hydrogen-bond acceptors (Lipinski definition) is 4. The van der Waals surface area contributed by atoms with E-state index in [-0.39, 0.29) is 0 Å². The first-order valence-electron chi connectivity index (χ1n) is 9.64. The van der Waals surface area contributed by atoms with Crippen molar-refractivity contribution < 1.29 is 0 Å². The van der Waals surface area contributed by atoms with Gasteiger partial charge >= 0.3 is 0 Å². The van der Waals surface area contributed by atoms with Crippen molar-refractivity contribution in [2.45, 2.75) is 63.8 Å². The summed E-state index contributed by atoms with van der Waals surface area (Å²) >= 11 is 0.